The Morgan fingerprint density at radius 3 is 2.37 bits per heavy atom. The van der Waals surface area contributed by atoms with Crippen LogP contribution in [0.25, 0.3) is 0 Å². The molecule has 0 bridgehead atoms. The van der Waals surface area contributed by atoms with Gasteiger partial charge in [0.25, 0.3) is 5.91 Å². The Bertz CT molecular complexity index is 909. The van der Waals surface area contributed by atoms with Crippen LogP contribution in [-0.4, -0.2) is 29.7 Å². The van der Waals surface area contributed by atoms with Crippen LogP contribution in [0.15, 0.2) is 48.5 Å². The molecule has 0 aromatic heterocycles. The van der Waals surface area contributed by atoms with Crippen LogP contribution in [0.2, 0.25) is 0 Å². The summed E-state index contributed by atoms with van der Waals surface area (Å²) in [6.45, 7) is 2.05. The first-order valence-electron chi connectivity index (χ1n) is 10.1. The molecule has 0 radical (unpaired) electrons. The molecule has 2 amide bonds. The minimum absolute atomic E-state index is 0.0446. The molecule has 2 aromatic rings. The molecule has 1 aliphatic carbocycles. The standard InChI is InChI=1S/C23H27N3O4/c1-3-15-4-9-18(10-5-15)25-22(28)21(16-7-12-20(30-2)13-8-16)26(24)23(29)17-6-11-19(27)14-17/h4-5,7-10,12-13,17,21H,3,6,11,14,24H2,1-2H3,(H,25,28). The Kier molecular flexibility index (Phi) is 6.84. The van der Waals surface area contributed by atoms with E-state index in [1.165, 1.54) is 0 Å². The van der Waals surface area contributed by atoms with E-state index in [1.807, 2.05) is 24.3 Å². The quantitative estimate of drug-likeness (QED) is 0.416. The van der Waals surface area contributed by atoms with Crippen LogP contribution in [0.4, 0.5) is 5.69 Å². The van der Waals surface area contributed by atoms with Gasteiger partial charge in [0.1, 0.15) is 11.5 Å². The minimum atomic E-state index is -1.04. The van der Waals surface area contributed by atoms with Crippen molar-refractivity contribution in [1.82, 2.24) is 5.01 Å². The average Bonchev–Trinajstić information content (AvgIpc) is 3.20. The van der Waals surface area contributed by atoms with Crippen LogP contribution in [0.5, 0.6) is 5.75 Å². The molecule has 7 heteroatoms. The Morgan fingerprint density at radius 2 is 1.83 bits per heavy atom. The first-order chi connectivity index (χ1) is 14.4. The molecule has 2 aromatic carbocycles. The lowest BCUT2D eigenvalue weighted by Crippen LogP contribution is -2.48. The summed E-state index contributed by atoms with van der Waals surface area (Å²) in [4.78, 5) is 37.7. The van der Waals surface area contributed by atoms with Crippen molar-refractivity contribution in [2.24, 2.45) is 11.8 Å². The summed E-state index contributed by atoms with van der Waals surface area (Å²) in [6, 6.07) is 13.3. The SMILES string of the molecule is CCc1ccc(NC(=O)C(c2ccc(OC)cc2)N(N)C(=O)C2CCC(=O)C2)cc1. The largest absolute Gasteiger partial charge is 0.497 e. The summed E-state index contributed by atoms with van der Waals surface area (Å²) in [5, 5.41) is 3.80. The van der Waals surface area contributed by atoms with Gasteiger partial charge in [0.05, 0.1) is 7.11 Å². The number of hydrogen-bond donors (Lipinski definition) is 2. The number of aryl methyl sites for hydroxylation is 1. The van der Waals surface area contributed by atoms with E-state index in [9.17, 15) is 14.4 Å². The number of hydrazine groups is 1. The number of amides is 2. The second kappa shape index (κ2) is 9.54. The van der Waals surface area contributed by atoms with E-state index in [4.69, 9.17) is 10.6 Å². The third-order valence-corrected chi connectivity index (χ3v) is 5.44. The van der Waals surface area contributed by atoms with Gasteiger partial charge >= 0.3 is 0 Å². The summed E-state index contributed by atoms with van der Waals surface area (Å²) >= 11 is 0. The number of nitrogens with zero attached hydrogens (tertiary/aromatic N) is 1. The number of anilines is 1. The maximum absolute atomic E-state index is 13.2. The molecular formula is C23H27N3O4. The van der Waals surface area contributed by atoms with Gasteiger partial charge in [0.15, 0.2) is 6.04 Å². The molecule has 2 unspecified atom stereocenters. The number of nitrogens with one attached hydrogen (secondary N) is 1. The minimum Gasteiger partial charge on any atom is -0.497 e. The van der Waals surface area contributed by atoms with Crippen LogP contribution >= 0.6 is 0 Å². The van der Waals surface area contributed by atoms with Gasteiger partial charge in [0, 0.05) is 24.4 Å². The number of ketones is 1. The van der Waals surface area contributed by atoms with Gasteiger partial charge in [0.2, 0.25) is 5.91 Å². The molecule has 2 atom stereocenters. The summed E-state index contributed by atoms with van der Waals surface area (Å²) in [6.07, 6.45) is 1.89. The molecule has 158 valence electrons. The summed E-state index contributed by atoms with van der Waals surface area (Å²) < 4.78 is 5.18. The topological polar surface area (TPSA) is 102 Å². The van der Waals surface area contributed by atoms with Crippen molar-refractivity contribution < 1.29 is 19.1 Å². The molecule has 1 saturated carbocycles. The normalized spacial score (nSPS) is 16.8. The number of nitrogens with two attached hydrogens (primary N) is 1. The predicted octanol–water partition coefficient (Wildman–Crippen LogP) is 3.01. The van der Waals surface area contributed by atoms with Gasteiger partial charge in [-0.05, 0) is 48.2 Å². The van der Waals surface area contributed by atoms with E-state index in [-0.39, 0.29) is 12.2 Å². The number of benzene rings is 2. The Morgan fingerprint density at radius 1 is 1.17 bits per heavy atom. The highest BCUT2D eigenvalue weighted by molar-refractivity contribution is 5.99. The van der Waals surface area contributed by atoms with E-state index in [0.29, 0.717) is 29.8 Å². The third kappa shape index (κ3) is 4.86. The average molecular weight is 409 g/mol. The Labute approximate surface area is 176 Å². The van der Waals surface area contributed by atoms with E-state index in [2.05, 4.69) is 12.2 Å². The molecule has 0 spiro atoms. The smallest absolute Gasteiger partial charge is 0.253 e. The second-order valence-corrected chi connectivity index (χ2v) is 7.44. The zero-order valence-electron chi connectivity index (χ0n) is 17.3. The summed E-state index contributed by atoms with van der Waals surface area (Å²) in [5.41, 5.74) is 2.33. The molecule has 0 saturated heterocycles. The molecule has 7 nitrogen and oxygen atoms in total. The zero-order valence-corrected chi connectivity index (χ0v) is 17.3. The van der Waals surface area contributed by atoms with E-state index >= 15 is 0 Å². The number of ether oxygens (including phenoxy) is 1. The van der Waals surface area contributed by atoms with Crippen molar-refractivity contribution in [1.29, 1.82) is 0 Å². The number of carbonyl (C=O) groups excluding carboxylic acids is 3. The first kappa shape index (κ1) is 21.5. The van der Waals surface area contributed by atoms with Crippen molar-refractivity contribution in [2.45, 2.75) is 38.6 Å². The van der Waals surface area contributed by atoms with E-state index < -0.39 is 23.8 Å². The van der Waals surface area contributed by atoms with Gasteiger partial charge in [-0.2, -0.15) is 0 Å². The number of Topliss-reactive ketones (excluding diaryl/α,β-unsaturated/α-hetero) is 1. The molecule has 3 N–H and O–H groups in total. The highest BCUT2D eigenvalue weighted by atomic mass is 16.5. The van der Waals surface area contributed by atoms with Crippen molar-refractivity contribution in [3.05, 3.63) is 59.7 Å². The lowest BCUT2D eigenvalue weighted by atomic mass is 10.0. The van der Waals surface area contributed by atoms with Gasteiger partial charge in [-0.1, -0.05) is 31.2 Å². The highest BCUT2D eigenvalue weighted by Crippen LogP contribution is 2.29. The van der Waals surface area contributed by atoms with Gasteiger partial charge in [-0.3, -0.25) is 19.4 Å². The fourth-order valence-electron chi connectivity index (χ4n) is 3.62. The lowest BCUT2D eigenvalue weighted by Gasteiger charge is -2.29. The highest BCUT2D eigenvalue weighted by Gasteiger charge is 2.36. The number of methoxy groups -OCH3 is 1. The van der Waals surface area contributed by atoms with Crippen molar-refractivity contribution >= 4 is 23.3 Å². The van der Waals surface area contributed by atoms with Gasteiger partial charge in [-0.15, -0.1) is 0 Å². The monoisotopic (exact) mass is 409 g/mol. The predicted molar refractivity (Wildman–Crippen MR) is 114 cm³/mol. The maximum atomic E-state index is 13.2. The number of rotatable bonds is 7. The van der Waals surface area contributed by atoms with Crippen LogP contribution in [0.1, 0.15) is 43.4 Å². The molecule has 1 fully saturated rings. The van der Waals surface area contributed by atoms with E-state index in [1.54, 1.807) is 31.4 Å². The Hall–Kier alpha value is -3.19. The zero-order chi connectivity index (χ0) is 21.7. The van der Waals surface area contributed by atoms with Crippen LogP contribution in [-0.2, 0) is 20.8 Å². The maximum Gasteiger partial charge on any atom is 0.253 e. The Balaban J connectivity index is 1.86. The summed E-state index contributed by atoms with van der Waals surface area (Å²) in [7, 11) is 1.55. The van der Waals surface area contributed by atoms with Crippen LogP contribution < -0.4 is 15.9 Å². The fraction of sp³-hybridized carbons (Fsp3) is 0.348. The van der Waals surface area contributed by atoms with Crippen LogP contribution in [0.3, 0.4) is 0 Å². The molecule has 3 rings (SSSR count). The van der Waals surface area contributed by atoms with Crippen molar-refractivity contribution in [3.63, 3.8) is 0 Å². The summed E-state index contributed by atoms with van der Waals surface area (Å²) in [5.74, 6) is 5.53. The number of hydrogen-bond acceptors (Lipinski definition) is 5. The van der Waals surface area contributed by atoms with Gasteiger partial charge < -0.3 is 10.1 Å². The second-order valence-electron chi connectivity index (χ2n) is 7.44. The molecule has 1 aliphatic rings. The van der Waals surface area contributed by atoms with Gasteiger partial charge in [-0.25, -0.2) is 5.84 Å². The van der Waals surface area contributed by atoms with Crippen molar-refractivity contribution in [3.8, 4) is 5.75 Å². The van der Waals surface area contributed by atoms with Crippen molar-refractivity contribution in [2.75, 3.05) is 12.4 Å². The lowest BCUT2D eigenvalue weighted by molar-refractivity contribution is -0.143. The molecule has 30 heavy (non-hydrogen) atoms. The molecular weight excluding hydrogens is 382 g/mol. The molecule has 0 aliphatic heterocycles. The molecule has 0 heterocycles. The van der Waals surface area contributed by atoms with Crippen LogP contribution in [0, 0.1) is 5.92 Å². The van der Waals surface area contributed by atoms with E-state index in [0.717, 1.165) is 17.0 Å². The third-order valence-electron chi connectivity index (χ3n) is 5.44. The number of carbonyl (C=O) groups is 3. The first-order valence-corrected chi connectivity index (χ1v) is 10.1. The fourth-order valence-corrected chi connectivity index (χ4v) is 3.62.